The number of alkyl halides is 3. The van der Waals surface area contributed by atoms with Crippen molar-refractivity contribution in [3.63, 3.8) is 0 Å². The van der Waals surface area contributed by atoms with Crippen molar-refractivity contribution in [3.05, 3.63) is 12.2 Å². The fourth-order valence-electron chi connectivity index (χ4n) is 1.87. The third-order valence-electron chi connectivity index (χ3n) is 3.00. The molecule has 27 heavy (non-hydrogen) atoms. The van der Waals surface area contributed by atoms with Gasteiger partial charge in [0, 0.05) is 6.08 Å². The summed E-state index contributed by atoms with van der Waals surface area (Å²) in [4.78, 5) is 48.0. The Morgan fingerprint density at radius 2 is 1.56 bits per heavy atom. The highest BCUT2D eigenvalue weighted by Gasteiger charge is 2.59. The Balaban J connectivity index is 6.77. The van der Waals surface area contributed by atoms with E-state index in [1.54, 1.807) is 5.92 Å². The lowest BCUT2D eigenvalue weighted by atomic mass is 9.95. The van der Waals surface area contributed by atoms with Gasteiger partial charge in [0.1, 0.15) is 0 Å². The second kappa shape index (κ2) is 10.2. The van der Waals surface area contributed by atoms with Crippen molar-refractivity contribution in [1.82, 2.24) is 4.90 Å². The molecule has 0 unspecified atom stereocenters. The molecule has 0 aliphatic rings. The molecule has 0 saturated carbocycles. The van der Waals surface area contributed by atoms with Gasteiger partial charge in [-0.3, -0.25) is 9.69 Å². The molecule has 0 saturated heterocycles. The van der Waals surface area contributed by atoms with Gasteiger partial charge in [-0.05, 0) is 19.9 Å². The van der Waals surface area contributed by atoms with Crippen molar-refractivity contribution in [2.75, 3.05) is 26.9 Å². The van der Waals surface area contributed by atoms with Crippen molar-refractivity contribution in [1.29, 1.82) is 0 Å². The van der Waals surface area contributed by atoms with Gasteiger partial charge in [0.15, 0.2) is 0 Å². The molecule has 0 aromatic heterocycles. The van der Waals surface area contributed by atoms with E-state index in [0.29, 0.717) is 12.2 Å². The zero-order valence-corrected chi connectivity index (χ0v) is 14.8. The summed E-state index contributed by atoms with van der Waals surface area (Å²) in [6.07, 6.45) is 0.434. The van der Waals surface area contributed by atoms with E-state index in [-0.39, 0.29) is 18.1 Å². The van der Waals surface area contributed by atoms with E-state index in [2.05, 4.69) is 14.2 Å². The van der Waals surface area contributed by atoms with Gasteiger partial charge in [-0.15, -0.1) is 6.42 Å². The second-order valence-corrected chi connectivity index (χ2v) is 4.66. The molecule has 0 rings (SSSR count). The fourth-order valence-corrected chi connectivity index (χ4v) is 1.87. The average molecular weight is 393 g/mol. The minimum absolute atomic E-state index is 0.248. The number of carbonyl (C=O) groups excluding carboxylic acids is 4. The molecule has 8 nitrogen and oxygen atoms in total. The van der Waals surface area contributed by atoms with Crippen LogP contribution in [0.2, 0.25) is 0 Å². The zero-order chi connectivity index (χ0) is 21.3. The van der Waals surface area contributed by atoms with E-state index in [1.807, 2.05) is 0 Å². The van der Waals surface area contributed by atoms with Crippen LogP contribution >= 0.6 is 0 Å². The van der Waals surface area contributed by atoms with Crippen molar-refractivity contribution in [2.45, 2.75) is 25.6 Å². The van der Waals surface area contributed by atoms with Gasteiger partial charge in [0.05, 0.1) is 26.9 Å². The van der Waals surface area contributed by atoms with E-state index in [4.69, 9.17) is 6.42 Å². The topological polar surface area (TPSA) is 99.2 Å². The Morgan fingerprint density at radius 3 is 1.89 bits per heavy atom. The van der Waals surface area contributed by atoms with Gasteiger partial charge in [-0.1, -0.05) is 5.92 Å². The summed E-state index contributed by atoms with van der Waals surface area (Å²) in [7, 11) is 0.948. The number of nitrogens with zero attached hydrogens (tertiary/aromatic N) is 1. The Morgan fingerprint density at radius 1 is 1.07 bits per heavy atom. The molecule has 0 aromatic rings. The highest BCUT2D eigenvalue weighted by Crippen LogP contribution is 2.28. The maximum absolute atomic E-state index is 13.0. The third kappa shape index (κ3) is 5.73. The van der Waals surface area contributed by atoms with E-state index in [0.717, 1.165) is 7.11 Å². The van der Waals surface area contributed by atoms with Crippen LogP contribution < -0.4 is 0 Å². The van der Waals surface area contributed by atoms with Gasteiger partial charge in [-0.2, -0.15) is 13.2 Å². The summed E-state index contributed by atoms with van der Waals surface area (Å²) in [6.45, 7) is 0.817. The largest absolute Gasteiger partial charge is 0.471 e. The second-order valence-electron chi connectivity index (χ2n) is 4.66. The van der Waals surface area contributed by atoms with Gasteiger partial charge >= 0.3 is 30.0 Å². The molecule has 150 valence electrons. The van der Waals surface area contributed by atoms with Crippen LogP contribution in [0.5, 0.6) is 0 Å². The third-order valence-corrected chi connectivity index (χ3v) is 3.00. The Hall–Kier alpha value is -3.03. The molecule has 0 aromatic carbocycles. The first-order valence-corrected chi connectivity index (χ1v) is 7.46. The Kier molecular flexibility index (Phi) is 9.05. The summed E-state index contributed by atoms with van der Waals surface area (Å²) in [5.41, 5.74) is -3.08. The lowest BCUT2D eigenvalue weighted by molar-refractivity contribution is -0.197. The molecule has 0 atom stereocenters. The number of amides is 1. The Bertz CT molecular complexity index is 631. The van der Waals surface area contributed by atoms with Crippen molar-refractivity contribution < 1.29 is 46.6 Å². The molecular formula is C16H18F3NO7. The van der Waals surface area contributed by atoms with Crippen LogP contribution in [0.1, 0.15) is 13.8 Å². The molecule has 0 aliphatic heterocycles. The van der Waals surface area contributed by atoms with Gasteiger partial charge < -0.3 is 14.2 Å². The lowest BCUT2D eigenvalue weighted by Gasteiger charge is -2.36. The average Bonchev–Trinajstić information content (AvgIpc) is 2.59. The SMILES string of the molecule is C#CCN(C(=O)C(F)(F)F)C(/C=C/C(=O)OC)(C(=O)OCC)C(=O)OCC. The normalized spacial score (nSPS) is 11.4. The molecule has 0 N–H and O–H groups in total. The van der Waals surface area contributed by atoms with Gasteiger partial charge in [0.2, 0.25) is 0 Å². The minimum atomic E-state index is -5.49. The summed E-state index contributed by atoms with van der Waals surface area (Å²) < 4.78 is 52.7. The summed E-state index contributed by atoms with van der Waals surface area (Å²) in [5.74, 6) is -5.13. The summed E-state index contributed by atoms with van der Waals surface area (Å²) >= 11 is 0. The number of methoxy groups -OCH3 is 1. The number of ether oxygens (including phenoxy) is 3. The number of terminal acetylenes is 1. The molecule has 0 heterocycles. The smallest absolute Gasteiger partial charge is 0.466 e. The van der Waals surface area contributed by atoms with Crippen LogP contribution in [0, 0.1) is 12.3 Å². The molecule has 0 bridgehead atoms. The van der Waals surface area contributed by atoms with E-state index in [1.165, 1.54) is 13.8 Å². The predicted octanol–water partition coefficient (Wildman–Crippen LogP) is 0.605. The Labute approximate surface area is 153 Å². The van der Waals surface area contributed by atoms with Gasteiger partial charge in [0.25, 0.3) is 5.54 Å². The first kappa shape index (κ1) is 24.0. The van der Waals surface area contributed by atoms with Crippen LogP contribution in [0.15, 0.2) is 12.2 Å². The zero-order valence-electron chi connectivity index (χ0n) is 14.8. The van der Waals surface area contributed by atoms with Crippen LogP contribution in [0.3, 0.4) is 0 Å². The lowest BCUT2D eigenvalue weighted by Crippen LogP contribution is -2.64. The monoisotopic (exact) mass is 393 g/mol. The standard InChI is InChI=1S/C16H18F3NO7/c1-5-10-20(12(22)16(17,18)19)15(13(23)26-6-2,14(24)27-7-3)9-8-11(21)25-4/h1,8-9H,6-7,10H2,2-4H3/b9-8+. The van der Waals surface area contributed by atoms with Crippen molar-refractivity contribution in [3.8, 4) is 12.3 Å². The van der Waals surface area contributed by atoms with Crippen molar-refractivity contribution in [2.24, 2.45) is 0 Å². The highest BCUT2D eigenvalue weighted by atomic mass is 19.4. The number of hydrogen-bond donors (Lipinski definition) is 0. The van der Waals surface area contributed by atoms with E-state index in [9.17, 15) is 32.3 Å². The summed E-state index contributed by atoms with van der Waals surface area (Å²) in [6, 6.07) is 0. The molecule has 0 aliphatic carbocycles. The number of rotatable bonds is 8. The summed E-state index contributed by atoms with van der Waals surface area (Å²) in [5, 5.41) is 0. The van der Waals surface area contributed by atoms with E-state index >= 15 is 0 Å². The maximum atomic E-state index is 13.0. The number of carbonyl (C=O) groups is 4. The molecular weight excluding hydrogens is 375 g/mol. The van der Waals surface area contributed by atoms with Crippen LogP contribution in [0.25, 0.3) is 0 Å². The quantitative estimate of drug-likeness (QED) is 0.196. The number of halogens is 3. The van der Waals surface area contributed by atoms with Crippen LogP contribution in [-0.4, -0.2) is 67.3 Å². The predicted molar refractivity (Wildman–Crippen MR) is 83.8 cm³/mol. The fraction of sp³-hybridized carbons (Fsp3) is 0.500. The first-order chi connectivity index (χ1) is 12.5. The first-order valence-electron chi connectivity index (χ1n) is 7.46. The number of esters is 3. The van der Waals surface area contributed by atoms with E-state index < -0.39 is 42.1 Å². The minimum Gasteiger partial charge on any atom is -0.466 e. The molecule has 0 spiro atoms. The molecule has 0 fully saturated rings. The highest BCUT2D eigenvalue weighted by molar-refractivity contribution is 6.11. The van der Waals surface area contributed by atoms with Crippen LogP contribution in [-0.2, 0) is 33.4 Å². The molecule has 11 heteroatoms. The van der Waals surface area contributed by atoms with Gasteiger partial charge in [-0.25, -0.2) is 14.4 Å². The molecule has 1 amide bonds. The molecule has 0 radical (unpaired) electrons. The van der Waals surface area contributed by atoms with Crippen LogP contribution in [0.4, 0.5) is 13.2 Å². The number of hydrogen-bond acceptors (Lipinski definition) is 7. The maximum Gasteiger partial charge on any atom is 0.471 e. The van der Waals surface area contributed by atoms with Crippen molar-refractivity contribution >= 4 is 23.8 Å².